The minimum atomic E-state index is -0.128. The van der Waals surface area contributed by atoms with E-state index in [9.17, 15) is 9.59 Å². The lowest BCUT2D eigenvalue weighted by atomic mass is 9.87. The maximum atomic E-state index is 12.8. The Morgan fingerprint density at radius 1 is 1.07 bits per heavy atom. The van der Waals surface area contributed by atoms with E-state index >= 15 is 0 Å². The van der Waals surface area contributed by atoms with E-state index in [0.717, 1.165) is 25.8 Å². The highest BCUT2D eigenvalue weighted by atomic mass is 16.2. The van der Waals surface area contributed by atoms with E-state index in [2.05, 4.69) is 36.5 Å². The molecule has 4 heteroatoms. The topological polar surface area (TPSA) is 49.4 Å². The fourth-order valence-corrected chi connectivity index (χ4v) is 4.07. The van der Waals surface area contributed by atoms with Gasteiger partial charge in [0.15, 0.2) is 0 Å². The highest BCUT2D eigenvalue weighted by Gasteiger charge is 2.34. The van der Waals surface area contributed by atoms with Crippen LogP contribution in [0.4, 0.5) is 0 Å². The molecule has 1 aliphatic rings. The Morgan fingerprint density at radius 3 is 2.41 bits per heavy atom. The average Bonchev–Trinajstić information content (AvgIpc) is 3.19. The first-order valence-electron chi connectivity index (χ1n) is 9.88. The van der Waals surface area contributed by atoms with Crippen LogP contribution in [0.15, 0.2) is 60.7 Å². The van der Waals surface area contributed by atoms with E-state index in [-0.39, 0.29) is 17.9 Å². The fourth-order valence-electron chi connectivity index (χ4n) is 4.07. The Morgan fingerprint density at radius 2 is 1.74 bits per heavy atom. The molecule has 1 saturated heterocycles. The van der Waals surface area contributed by atoms with Gasteiger partial charge < -0.3 is 10.2 Å². The molecule has 0 saturated carbocycles. The van der Waals surface area contributed by atoms with Crippen LogP contribution in [-0.2, 0) is 4.79 Å². The monoisotopic (exact) mass is 364 g/mol. The molecule has 3 rings (SSSR count). The van der Waals surface area contributed by atoms with E-state index in [0.29, 0.717) is 24.4 Å². The van der Waals surface area contributed by atoms with Gasteiger partial charge in [-0.1, -0.05) is 55.5 Å². The number of rotatable bonds is 7. The van der Waals surface area contributed by atoms with Crippen molar-refractivity contribution >= 4 is 11.8 Å². The third kappa shape index (κ3) is 4.76. The zero-order chi connectivity index (χ0) is 19.1. The van der Waals surface area contributed by atoms with Gasteiger partial charge in [-0.05, 0) is 37.0 Å². The lowest BCUT2D eigenvalue weighted by molar-refractivity contribution is -0.132. The summed E-state index contributed by atoms with van der Waals surface area (Å²) in [4.78, 5) is 27.0. The van der Waals surface area contributed by atoms with Gasteiger partial charge in [0.2, 0.25) is 5.91 Å². The van der Waals surface area contributed by atoms with Crippen molar-refractivity contribution in [3.8, 4) is 0 Å². The predicted molar refractivity (Wildman–Crippen MR) is 108 cm³/mol. The molecule has 0 aliphatic carbocycles. The first kappa shape index (κ1) is 19.2. The molecule has 2 atom stereocenters. The smallest absolute Gasteiger partial charge is 0.251 e. The molecule has 2 aromatic carbocycles. The molecule has 0 bridgehead atoms. The largest absolute Gasteiger partial charge is 0.352 e. The molecule has 2 unspecified atom stereocenters. The summed E-state index contributed by atoms with van der Waals surface area (Å²) in [5, 5.41) is 2.86. The molecular formula is C23H28N2O2. The van der Waals surface area contributed by atoms with Crippen molar-refractivity contribution in [3.63, 3.8) is 0 Å². The van der Waals surface area contributed by atoms with Gasteiger partial charge in [0.25, 0.3) is 5.91 Å². The number of likely N-dealkylation sites (tertiary alicyclic amines) is 1. The van der Waals surface area contributed by atoms with Crippen LogP contribution in [0.25, 0.3) is 0 Å². The van der Waals surface area contributed by atoms with Gasteiger partial charge in [0, 0.05) is 37.0 Å². The van der Waals surface area contributed by atoms with Crippen LogP contribution in [0.3, 0.4) is 0 Å². The zero-order valence-corrected chi connectivity index (χ0v) is 15.9. The molecule has 2 amide bonds. The molecular weight excluding hydrogens is 336 g/mol. The number of nitrogens with zero attached hydrogens (tertiary/aromatic N) is 1. The van der Waals surface area contributed by atoms with Crippen molar-refractivity contribution in [1.29, 1.82) is 0 Å². The van der Waals surface area contributed by atoms with E-state index < -0.39 is 0 Å². The second-order valence-corrected chi connectivity index (χ2v) is 7.09. The van der Waals surface area contributed by atoms with Gasteiger partial charge in [-0.2, -0.15) is 0 Å². The lowest BCUT2D eigenvalue weighted by Gasteiger charge is -2.32. The fraction of sp³-hybridized carbons (Fsp3) is 0.391. The van der Waals surface area contributed by atoms with Crippen LogP contribution in [-0.4, -0.2) is 35.8 Å². The molecule has 1 N–H and O–H groups in total. The molecule has 2 aromatic rings. The van der Waals surface area contributed by atoms with E-state index in [1.54, 1.807) is 12.1 Å². The van der Waals surface area contributed by atoms with Crippen LogP contribution in [0.2, 0.25) is 0 Å². The second-order valence-electron chi connectivity index (χ2n) is 7.09. The van der Waals surface area contributed by atoms with Crippen LogP contribution >= 0.6 is 0 Å². The zero-order valence-electron chi connectivity index (χ0n) is 15.9. The van der Waals surface area contributed by atoms with E-state index in [1.807, 2.05) is 29.2 Å². The van der Waals surface area contributed by atoms with Crippen molar-refractivity contribution in [2.45, 2.75) is 44.6 Å². The maximum absolute atomic E-state index is 12.8. The minimum Gasteiger partial charge on any atom is -0.352 e. The van der Waals surface area contributed by atoms with Crippen molar-refractivity contribution in [2.24, 2.45) is 0 Å². The SMILES string of the molecule is CCC(c1ccccc1)C1CCCN1C(=O)CCNC(=O)c1ccccc1. The Bertz CT molecular complexity index is 745. The Kier molecular flexibility index (Phi) is 6.64. The number of hydrogen-bond donors (Lipinski definition) is 1. The highest BCUT2D eigenvalue weighted by Crippen LogP contribution is 2.33. The van der Waals surface area contributed by atoms with Gasteiger partial charge in [-0.25, -0.2) is 0 Å². The highest BCUT2D eigenvalue weighted by molar-refractivity contribution is 5.94. The summed E-state index contributed by atoms with van der Waals surface area (Å²) in [5.74, 6) is 0.383. The van der Waals surface area contributed by atoms with Crippen LogP contribution in [0.5, 0.6) is 0 Å². The summed E-state index contributed by atoms with van der Waals surface area (Å²) in [7, 11) is 0. The standard InChI is InChI=1S/C23H28N2O2/c1-2-20(18-10-5-3-6-11-18)21-14-9-17-25(21)22(26)15-16-24-23(27)19-12-7-4-8-13-19/h3-8,10-13,20-21H,2,9,14-17H2,1H3,(H,24,27). The van der Waals surface area contributed by atoms with Gasteiger partial charge in [-0.3, -0.25) is 9.59 Å². The van der Waals surface area contributed by atoms with Crippen LogP contribution < -0.4 is 5.32 Å². The third-order valence-electron chi connectivity index (χ3n) is 5.41. The third-order valence-corrected chi connectivity index (χ3v) is 5.41. The number of carbonyl (C=O) groups excluding carboxylic acids is 2. The Labute approximate surface area is 161 Å². The first-order valence-corrected chi connectivity index (χ1v) is 9.88. The lowest BCUT2D eigenvalue weighted by Crippen LogP contribution is -2.40. The summed E-state index contributed by atoms with van der Waals surface area (Å²) in [6.07, 6.45) is 3.47. The number of nitrogens with one attached hydrogen (secondary N) is 1. The van der Waals surface area contributed by atoms with Crippen LogP contribution in [0, 0.1) is 0 Å². The van der Waals surface area contributed by atoms with Crippen molar-refractivity contribution in [2.75, 3.05) is 13.1 Å². The van der Waals surface area contributed by atoms with Gasteiger partial charge in [0.05, 0.1) is 0 Å². The van der Waals surface area contributed by atoms with Gasteiger partial charge in [0.1, 0.15) is 0 Å². The second kappa shape index (κ2) is 9.36. The summed E-state index contributed by atoms with van der Waals surface area (Å²) >= 11 is 0. The summed E-state index contributed by atoms with van der Waals surface area (Å²) < 4.78 is 0. The van der Waals surface area contributed by atoms with E-state index in [4.69, 9.17) is 0 Å². The van der Waals surface area contributed by atoms with E-state index in [1.165, 1.54) is 5.56 Å². The van der Waals surface area contributed by atoms with Gasteiger partial charge in [-0.15, -0.1) is 0 Å². The first-order chi connectivity index (χ1) is 13.2. The van der Waals surface area contributed by atoms with Crippen LogP contribution in [0.1, 0.15) is 54.4 Å². The van der Waals surface area contributed by atoms with Crippen molar-refractivity contribution in [3.05, 3.63) is 71.8 Å². The maximum Gasteiger partial charge on any atom is 0.251 e. The molecule has 1 aliphatic heterocycles. The summed E-state index contributed by atoms with van der Waals surface area (Å²) in [5.41, 5.74) is 1.93. The molecule has 0 spiro atoms. The Hall–Kier alpha value is -2.62. The van der Waals surface area contributed by atoms with Crippen molar-refractivity contribution < 1.29 is 9.59 Å². The molecule has 1 fully saturated rings. The Balaban J connectivity index is 1.56. The number of carbonyl (C=O) groups is 2. The summed E-state index contributed by atoms with van der Waals surface area (Å²) in [6.45, 7) is 3.39. The predicted octanol–water partition coefficient (Wildman–Crippen LogP) is 3.99. The van der Waals surface area contributed by atoms with Crippen molar-refractivity contribution in [1.82, 2.24) is 10.2 Å². The quantitative estimate of drug-likeness (QED) is 0.807. The molecule has 27 heavy (non-hydrogen) atoms. The summed E-state index contributed by atoms with van der Waals surface area (Å²) in [6, 6.07) is 19.9. The molecule has 0 radical (unpaired) electrons. The number of benzene rings is 2. The average molecular weight is 364 g/mol. The number of amides is 2. The number of hydrogen-bond acceptors (Lipinski definition) is 2. The normalized spacial score (nSPS) is 17.5. The van der Waals surface area contributed by atoms with Gasteiger partial charge >= 0.3 is 0 Å². The molecule has 4 nitrogen and oxygen atoms in total. The molecule has 0 aromatic heterocycles. The molecule has 1 heterocycles. The molecule has 142 valence electrons. The minimum absolute atomic E-state index is 0.128.